The number of carbonyl (C=O) groups excluding carboxylic acids is 1. The van der Waals surface area contributed by atoms with Crippen LogP contribution >= 0.6 is 11.6 Å². The highest BCUT2D eigenvalue weighted by Crippen LogP contribution is 2.05. The van der Waals surface area contributed by atoms with E-state index in [1.165, 1.54) is 0 Å². The number of amides is 1. The van der Waals surface area contributed by atoms with Gasteiger partial charge < -0.3 is 15.1 Å². The lowest BCUT2D eigenvalue weighted by Gasteiger charge is -2.02. The van der Waals surface area contributed by atoms with E-state index in [1.54, 1.807) is 0 Å². The van der Waals surface area contributed by atoms with Gasteiger partial charge in [-0.25, -0.2) is 0 Å². The summed E-state index contributed by atoms with van der Waals surface area (Å²) in [5, 5.41) is 12.9. The highest BCUT2D eigenvalue weighted by Gasteiger charge is 2.06. The molecule has 1 aromatic heterocycles. The molecule has 0 atom stereocenters. The number of aryl methyl sites for hydroxylation is 1. The molecule has 1 amide bonds. The lowest BCUT2D eigenvalue weighted by molar-refractivity contribution is -0.119. The van der Waals surface area contributed by atoms with Crippen LogP contribution in [0.1, 0.15) is 19.2 Å². The Labute approximate surface area is 98.8 Å². The first kappa shape index (κ1) is 12.8. The number of carbonyl (C=O) groups is 1. The first-order valence-electron chi connectivity index (χ1n) is 5.15. The van der Waals surface area contributed by atoms with Crippen molar-refractivity contribution >= 4 is 23.5 Å². The summed E-state index contributed by atoms with van der Waals surface area (Å²) in [6.07, 6.45) is 1.43. The molecule has 0 fully saturated rings. The average molecular weight is 247 g/mol. The molecule has 0 aromatic carbocycles. The fourth-order valence-electron chi connectivity index (χ4n) is 0.990. The largest absolute Gasteiger partial charge is 0.408 e. The van der Waals surface area contributed by atoms with Gasteiger partial charge >= 0.3 is 6.01 Å². The molecule has 0 saturated heterocycles. The number of anilines is 1. The number of halogens is 1. The molecule has 0 aliphatic heterocycles. The van der Waals surface area contributed by atoms with Crippen LogP contribution in [0.25, 0.3) is 0 Å². The summed E-state index contributed by atoms with van der Waals surface area (Å²) < 4.78 is 5.18. The van der Waals surface area contributed by atoms with Gasteiger partial charge in [-0.15, -0.1) is 16.7 Å². The van der Waals surface area contributed by atoms with Crippen LogP contribution in [0.2, 0.25) is 0 Å². The van der Waals surface area contributed by atoms with Crippen LogP contribution in [0, 0.1) is 0 Å². The van der Waals surface area contributed by atoms with Crippen LogP contribution in [0.3, 0.4) is 0 Å². The molecule has 0 radical (unpaired) electrons. The number of nitrogens with one attached hydrogen (secondary N) is 2. The van der Waals surface area contributed by atoms with E-state index in [1.807, 2.05) is 6.92 Å². The smallest absolute Gasteiger partial charge is 0.315 e. The maximum atomic E-state index is 11.2. The molecule has 6 nitrogen and oxygen atoms in total. The van der Waals surface area contributed by atoms with Gasteiger partial charge in [0.1, 0.15) is 0 Å². The Morgan fingerprint density at radius 2 is 2.31 bits per heavy atom. The highest BCUT2D eigenvalue weighted by molar-refractivity contribution is 6.17. The summed E-state index contributed by atoms with van der Waals surface area (Å²) in [6.45, 7) is 2.79. The molecule has 0 saturated carbocycles. The Balaban J connectivity index is 2.28. The second kappa shape index (κ2) is 7.05. The first-order valence-corrected chi connectivity index (χ1v) is 5.68. The number of nitrogens with zero attached hydrogens (tertiary/aromatic N) is 2. The summed E-state index contributed by atoms with van der Waals surface area (Å²) in [4.78, 5) is 11.2. The van der Waals surface area contributed by atoms with Crippen LogP contribution in [-0.4, -0.2) is 35.1 Å². The van der Waals surface area contributed by atoms with E-state index in [4.69, 9.17) is 16.0 Å². The van der Waals surface area contributed by atoms with E-state index in [0.717, 1.165) is 6.42 Å². The van der Waals surface area contributed by atoms with Crippen molar-refractivity contribution in [2.75, 3.05) is 24.3 Å². The van der Waals surface area contributed by atoms with Gasteiger partial charge in [0, 0.05) is 18.8 Å². The molecule has 1 rings (SSSR count). The monoisotopic (exact) mass is 246 g/mol. The Morgan fingerprint density at radius 3 is 3.00 bits per heavy atom. The molecule has 0 bridgehead atoms. The van der Waals surface area contributed by atoms with E-state index in [-0.39, 0.29) is 18.5 Å². The van der Waals surface area contributed by atoms with Crippen molar-refractivity contribution in [1.82, 2.24) is 15.5 Å². The van der Waals surface area contributed by atoms with E-state index in [2.05, 4.69) is 20.8 Å². The number of aromatic nitrogens is 2. The average Bonchev–Trinajstić information content (AvgIpc) is 2.72. The zero-order chi connectivity index (χ0) is 11.8. The minimum atomic E-state index is -0.0982. The van der Waals surface area contributed by atoms with Crippen LogP contribution in [0.4, 0.5) is 6.01 Å². The second-order valence-corrected chi connectivity index (χ2v) is 3.52. The normalized spacial score (nSPS) is 10.1. The maximum absolute atomic E-state index is 11.2. The highest BCUT2D eigenvalue weighted by atomic mass is 35.5. The minimum absolute atomic E-state index is 0.0982. The summed E-state index contributed by atoms with van der Waals surface area (Å²) in [7, 11) is 0. The first-order chi connectivity index (χ1) is 7.76. The van der Waals surface area contributed by atoms with Gasteiger partial charge in [-0.1, -0.05) is 12.0 Å². The standard InChI is InChI=1S/C9H15ClN4O2/c1-2-5-11-7(15)6-12-9-14-13-8(16-9)3-4-10/h2-6H2,1H3,(H,11,15)(H,12,14). The number of hydrogen-bond acceptors (Lipinski definition) is 5. The van der Waals surface area contributed by atoms with Gasteiger partial charge in [0.15, 0.2) is 0 Å². The van der Waals surface area contributed by atoms with Crippen LogP contribution in [0.15, 0.2) is 4.42 Å². The van der Waals surface area contributed by atoms with E-state index in [9.17, 15) is 4.79 Å². The Morgan fingerprint density at radius 1 is 1.50 bits per heavy atom. The zero-order valence-electron chi connectivity index (χ0n) is 9.12. The summed E-state index contributed by atoms with van der Waals surface area (Å²) >= 11 is 5.52. The van der Waals surface area contributed by atoms with E-state index in [0.29, 0.717) is 24.7 Å². The van der Waals surface area contributed by atoms with E-state index < -0.39 is 0 Å². The molecular formula is C9H15ClN4O2. The van der Waals surface area contributed by atoms with Gasteiger partial charge in [0.2, 0.25) is 11.8 Å². The van der Waals surface area contributed by atoms with Crippen molar-refractivity contribution < 1.29 is 9.21 Å². The van der Waals surface area contributed by atoms with Crippen molar-refractivity contribution in [1.29, 1.82) is 0 Å². The Kier molecular flexibility index (Phi) is 5.63. The molecule has 0 aliphatic rings. The lowest BCUT2D eigenvalue weighted by atomic mass is 10.4. The molecule has 1 heterocycles. The van der Waals surface area contributed by atoms with Crippen molar-refractivity contribution in [3.05, 3.63) is 5.89 Å². The zero-order valence-corrected chi connectivity index (χ0v) is 9.88. The number of hydrogen-bond donors (Lipinski definition) is 2. The van der Waals surface area contributed by atoms with Gasteiger partial charge in [-0.3, -0.25) is 4.79 Å². The van der Waals surface area contributed by atoms with Crippen LogP contribution in [0.5, 0.6) is 0 Å². The molecule has 0 aliphatic carbocycles. The maximum Gasteiger partial charge on any atom is 0.315 e. The van der Waals surface area contributed by atoms with Crippen molar-refractivity contribution in [3.8, 4) is 0 Å². The number of rotatable bonds is 7. The summed E-state index contributed by atoms with van der Waals surface area (Å²) in [6, 6.07) is 0.242. The predicted molar refractivity (Wildman–Crippen MR) is 60.5 cm³/mol. The van der Waals surface area contributed by atoms with Gasteiger partial charge in [0.25, 0.3) is 0 Å². The fraction of sp³-hybridized carbons (Fsp3) is 0.667. The Bertz CT molecular complexity index is 329. The molecular weight excluding hydrogens is 232 g/mol. The topological polar surface area (TPSA) is 80.0 Å². The third-order valence-electron chi connectivity index (χ3n) is 1.75. The van der Waals surface area contributed by atoms with Gasteiger partial charge in [-0.05, 0) is 6.42 Å². The van der Waals surface area contributed by atoms with Crippen molar-refractivity contribution in [3.63, 3.8) is 0 Å². The Hall–Kier alpha value is -1.30. The van der Waals surface area contributed by atoms with Gasteiger partial charge in [0.05, 0.1) is 6.54 Å². The number of alkyl halides is 1. The summed E-state index contributed by atoms with van der Waals surface area (Å²) in [5.74, 6) is 0.795. The third kappa shape index (κ3) is 4.48. The minimum Gasteiger partial charge on any atom is -0.408 e. The lowest BCUT2D eigenvalue weighted by Crippen LogP contribution is -2.30. The molecule has 0 spiro atoms. The molecule has 0 unspecified atom stereocenters. The van der Waals surface area contributed by atoms with Crippen LogP contribution in [-0.2, 0) is 11.2 Å². The van der Waals surface area contributed by atoms with E-state index >= 15 is 0 Å². The van der Waals surface area contributed by atoms with Crippen LogP contribution < -0.4 is 10.6 Å². The SMILES string of the molecule is CCCNC(=O)CNc1nnc(CCCl)o1. The fourth-order valence-corrected chi connectivity index (χ4v) is 1.15. The second-order valence-electron chi connectivity index (χ2n) is 3.14. The third-order valence-corrected chi connectivity index (χ3v) is 1.94. The van der Waals surface area contributed by atoms with Crippen molar-refractivity contribution in [2.45, 2.75) is 19.8 Å². The van der Waals surface area contributed by atoms with Gasteiger partial charge in [-0.2, -0.15) is 0 Å². The molecule has 1 aromatic rings. The quantitative estimate of drug-likeness (QED) is 0.696. The molecule has 16 heavy (non-hydrogen) atoms. The predicted octanol–water partition coefficient (Wildman–Crippen LogP) is 0.789. The van der Waals surface area contributed by atoms with Crippen molar-refractivity contribution in [2.24, 2.45) is 0 Å². The molecule has 2 N–H and O–H groups in total. The molecule has 90 valence electrons. The summed E-state index contributed by atoms with van der Waals surface area (Å²) in [5.41, 5.74) is 0. The molecule has 7 heteroatoms.